The number of furan rings is 1. The molecule has 0 aliphatic heterocycles. The van der Waals surface area contributed by atoms with Gasteiger partial charge in [-0.3, -0.25) is 0 Å². The third-order valence-electron chi connectivity index (χ3n) is 3.62. The third-order valence-corrected chi connectivity index (χ3v) is 3.62. The van der Waals surface area contributed by atoms with Crippen molar-refractivity contribution in [1.82, 2.24) is 5.32 Å². The maximum Gasteiger partial charge on any atom is 0.120 e. The second kappa shape index (κ2) is 5.84. The minimum Gasteiger partial charge on any atom is -0.465 e. The molecule has 0 spiro atoms. The Kier molecular flexibility index (Phi) is 4.34. The van der Waals surface area contributed by atoms with E-state index >= 15 is 0 Å². The van der Waals surface area contributed by atoms with Crippen LogP contribution in [0.25, 0.3) is 0 Å². The van der Waals surface area contributed by atoms with Gasteiger partial charge in [0.1, 0.15) is 11.5 Å². The topological polar surface area (TPSA) is 25.2 Å². The molecule has 1 aromatic heterocycles. The average molecular weight is 271 g/mol. The highest BCUT2D eigenvalue weighted by atomic mass is 16.3. The van der Waals surface area contributed by atoms with Gasteiger partial charge in [-0.05, 0) is 42.5 Å². The molecule has 0 fully saturated rings. The summed E-state index contributed by atoms with van der Waals surface area (Å²) in [5.74, 6) is 1.96. The molecule has 0 aliphatic carbocycles. The van der Waals surface area contributed by atoms with Crippen molar-refractivity contribution >= 4 is 0 Å². The zero-order valence-corrected chi connectivity index (χ0v) is 13.2. The van der Waals surface area contributed by atoms with E-state index in [1.165, 1.54) is 11.1 Å². The van der Waals surface area contributed by atoms with Crippen molar-refractivity contribution in [3.63, 3.8) is 0 Å². The van der Waals surface area contributed by atoms with Crippen LogP contribution in [0.5, 0.6) is 0 Å². The Morgan fingerprint density at radius 3 is 2.20 bits per heavy atom. The predicted molar refractivity (Wildman–Crippen MR) is 83.8 cm³/mol. The molecule has 0 saturated heterocycles. The zero-order chi connectivity index (χ0) is 14.8. The van der Waals surface area contributed by atoms with Crippen molar-refractivity contribution in [2.45, 2.75) is 52.6 Å². The first-order valence-corrected chi connectivity index (χ1v) is 7.25. The van der Waals surface area contributed by atoms with Crippen LogP contribution in [0.15, 0.2) is 40.8 Å². The highest BCUT2D eigenvalue weighted by Gasteiger charge is 2.13. The van der Waals surface area contributed by atoms with E-state index in [0.717, 1.165) is 18.1 Å². The Bertz CT molecular complexity index is 546. The summed E-state index contributed by atoms with van der Waals surface area (Å²) < 4.78 is 5.64. The number of aryl methyl sites for hydroxylation is 1. The summed E-state index contributed by atoms with van der Waals surface area (Å²) in [6.45, 7) is 11.7. The van der Waals surface area contributed by atoms with Gasteiger partial charge >= 0.3 is 0 Å². The number of hydrogen-bond acceptors (Lipinski definition) is 2. The summed E-state index contributed by atoms with van der Waals surface area (Å²) >= 11 is 0. The molecule has 108 valence electrons. The van der Waals surface area contributed by atoms with Crippen LogP contribution < -0.4 is 5.32 Å². The van der Waals surface area contributed by atoms with Crippen molar-refractivity contribution in [2.75, 3.05) is 0 Å². The van der Waals surface area contributed by atoms with E-state index in [2.05, 4.69) is 57.3 Å². The molecule has 2 heteroatoms. The lowest BCUT2D eigenvalue weighted by Gasteiger charge is -2.19. The second-order valence-electron chi connectivity index (χ2n) is 6.50. The number of hydrogen-bond donors (Lipinski definition) is 1. The number of nitrogens with one attached hydrogen (secondary N) is 1. The van der Waals surface area contributed by atoms with Crippen LogP contribution in [0.1, 0.15) is 56.4 Å². The zero-order valence-electron chi connectivity index (χ0n) is 13.2. The Labute approximate surface area is 122 Å². The molecular formula is C18H25NO. The molecule has 0 aliphatic rings. The first-order chi connectivity index (χ1) is 9.36. The lowest BCUT2D eigenvalue weighted by molar-refractivity contribution is 0.416. The highest BCUT2D eigenvalue weighted by Crippen LogP contribution is 2.22. The van der Waals surface area contributed by atoms with Crippen molar-refractivity contribution in [2.24, 2.45) is 0 Å². The Hall–Kier alpha value is -1.54. The fraction of sp³-hybridized carbons (Fsp3) is 0.444. The summed E-state index contributed by atoms with van der Waals surface area (Å²) in [4.78, 5) is 0. The summed E-state index contributed by atoms with van der Waals surface area (Å²) in [5.41, 5.74) is 2.88. The molecule has 1 N–H and O–H groups in total. The lowest BCUT2D eigenvalue weighted by atomic mass is 9.87. The van der Waals surface area contributed by atoms with Crippen molar-refractivity contribution in [3.05, 3.63) is 59.0 Å². The molecule has 0 amide bonds. The first kappa shape index (κ1) is 14.9. The van der Waals surface area contributed by atoms with E-state index in [1.54, 1.807) is 0 Å². The van der Waals surface area contributed by atoms with Crippen LogP contribution in [-0.4, -0.2) is 0 Å². The van der Waals surface area contributed by atoms with Gasteiger partial charge < -0.3 is 9.73 Å². The third kappa shape index (κ3) is 3.73. The van der Waals surface area contributed by atoms with E-state index < -0.39 is 0 Å². The second-order valence-corrected chi connectivity index (χ2v) is 6.50. The fourth-order valence-corrected chi connectivity index (χ4v) is 2.18. The van der Waals surface area contributed by atoms with E-state index in [-0.39, 0.29) is 11.5 Å². The Morgan fingerprint density at radius 1 is 1.05 bits per heavy atom. The van der Waals surface area contributed by atoms with Crippen LogP contribution >= 0.6 is 0 Å². The molecule has 0 bridgehead atoms. The molecule has 2 nitrogen and oxygen atoms in total. The Balaban J connectivity index is 1.94. The van der Waals surface area contributed by atoms with Crippen molar-refractivity contribution in [1.29, 1.82) is 0 Å². The summed E-state index contributed by atoms with van der Waals surface area (Å²) in [7, 11) is 0. The molecule has 2 aromatic rings. The van der Waals surface area contributed by atoms with Gasteiger partial charge in [0.25, 0.3) is 0 Å². The van der Waals surface area contributed by atoms with E-state index in [0.29, 0.717) is 0 Å². The normalized spacial score (nSPS) is 13.4. The molecule has 1 unspecified atom stereocenters. The molecule has 20 heavy (non-hydrogen) atoms. The molecule has 1 aromatic carbocycles. The molecule has 1 heterocycles. The van der Waals surface area contributed by atoms with Gasteiger partial charge in [0, 0.05) is 6.54 Å². The summed E-state index contributed by atoms with van der Waals surface area (Å²) in [6.07, 6.45) is 0. The first-order valence-electron chi connectivity index (χ1n) is 7.25. The van der Waals surface area contributed by atoms with Gasteiger partial charge in [-0.25, -0.2) is 0 Å². The van der Waals surface area contributed by atoms with Gasteiger partial charge in [0.15, 0.2) is 0 Å². The maximum absolute atomic E-state index is 5.64. The largest absolute Gasteiger partial charge is 0.465 e. The van der Waals surface area contributed by atoms with Crippen molar-refractivity contribution < 1.29 is 4.42 Å². The molecule has 2 rings (SSSR count). The van der Waals surface area contributed by atoms with Crippen LogP contribution in [0.2, 0.25) is 0 Å². The van der Waals surface area contributed by atoms with Gasteiger partial charge in [-0.2, -0.15) is 0 Å². The standard InChI is InChI=1S/C18H25NO/c1-13-6-11-17(20-13)14(2)19-12-15-7-9-16(10-8-15)18(3,4)5/h6-11,14,19H,12H2,1-5H3. The van der Waals surface area contributed by atoms with Crippen LogP contribution in [-0.2, 0) is 12.0 Å². The van der Waals surface area contributed by atoms with Gasteiger partial charge in [0.2, 0.25) is 0 Å². The SMILES string of the molecule is Cc1ccc(C(C)NCc2ccc(C(C)(C)C)cc2)o1. The Morgan fingerprint density at radius 2 is 1.70 bits per heavy atom. The molecule has 0 saturated carbocycles. The predicted octanol–water partition coefficient (Wildman–Crippen LogP) is 4.74. The monoisotopic (exact) mass is 271 g/mol. The van der Waals surface area contributed by atoms with Gasteiger partial charge in [-0.1, -0.05) is 45.0 Å². The number of rotatable bonds is 4. The minimum absolute atomic E-state index is 0.213. The maximum atomic E-state index is 5.64. The van der Waals surface area contributed by atoms with Gasteiger partial charge in [-0.15, -0.1) is 0 Å². The minimum atomic E-state index is 0.213. The van der Waals surface area contributed by atoms with Crippen LogP contribution in [0, 0.1) is 6.92 Å². The van der Waals surface area contributed by atoms with Crippen molar-refractivity contribution in [3.8, 4) is 0 Å². The van der Waals surface area contributed by atoms with Crippen LogP contribution in [0.4, 0.5) is 0 Å². The van der Waals surface area contributed by atoms with E-state index in [4.69, 9.17) is 4.42 Å². The van der Waals surface area contributed by atoms with E-state index in [1.807, 2.05) is 19.1 Å². The van der Waals surface area contributed by atoms with E-state index in [9.17, 15) is 0 Å². The fourth-order valence-electron chi connectivity index (χ4n) is 2.18. The van der Waals surface area contributed by atoms with Gasteiger partial charge in [0.05, 0.1) is 6.04 Å². The quantitative estimate of drug-likeness (QED) is 0.869. The smallest absolute Gasteiger partial charge is 0.120 e. The van der Waals surface area contributed by atoms with Crippen LogP contribution in [0.3, 0.4) is 0 Å². The number of benzene rings is 1. The average Bonchev–Trinajstić information content (AvgIpc) is 2.82. The highest BCUT2D eigenvalue weighted by molar-refractivity contribution is 5.27. The summed E-state index contributed by atoms with van der Waals surface area (Å²) in [5, 5.41) is 3.49. The lowest BCUT2D eigenvalue weighted by Crippen LogP contribution is -2.18. The molecule has 1 atom stereocenters. The molecule has 0 radical (unpaired) electrons. The molecular weight excluding hydrogens is 246 g/mol. The summed E-state index contributed by atoms with van der Waals surface area (Å²) in [6, 6.07) is 13.1.